The lowest BCUT2D eigenvalue weighted by Crippen LogP contribution is -2.32. The van der Waals surface area contributed by atoms with E-state index in [0.29, 0.717) is 11.7 Å². The lowest BCUT2D eigenvalue weighted by molar-refractivity contribution is -0.118. The lowest BCUT2D eigenvalue weighted by atomic mass is 10.1. The molecule has 1 aliphatic rings. The highest BCUT2D eigenvalue weighted by atomic mass is 32.2. The Hall–Kier alpha value is -2.87. The first-order chi connectivity index (χ1) is 14.7. The molecule has 1 fully saturated rings. The summed E-state index contributed by atoms with van der Waals surface area (Å²) < 4.78 is 1.90. The van der Waals surface area contributed by atoms with E-state index in [9.17, 15) is 4.79 Å². The Kier molecular flexibility index (Phi) is 6.63. The van der Waals surface area contributed by atoms with E-state index in [1.807, 2.05) is 47.2 Å². The van der Waals surface area contributed by atoms with Crippen LogP contribution in [0.15, 0.2) is 54.1 Å². The van der Waals surface area contributed by atoms with E-state index in [0.717, 1.165) is 30.2 Å². The second-order valence-corrected chi connectivity index (χ2v) is 8.36. The molecule has 1 saturated heterocycles. The maximum Gasteiger partial charge on any atom is 0.230 e. The molecule has 0 atom stereocenters. The van der Waals surface area contributed by atoms with Crippen LogP contribution in [0.5, 0.6) is 0 Å². The van der Waals surface area contributed by atoms with Crippen LogP contribution < -0.4 is 10.2 Å². The van der Waals surface area contributed by atoms with Crippen LogP contribution in [0.25, 0.3) is 5.69 Å². The van der Waals surface area contributed by atoms with Gasteiger partial charge in [0.15, 0.2) is 5.16 Å². The summed E-state index contributed by atoms with van der Waals surface area (Å²) >= 11 is 1.38. The molecule has 1 aliphatic heterocycles. The lowest BCUT2D eigenvalue weighted by Gasteiger charge is -2.29. The molecule has 0 aliphatic carbocycles. The van der Waals surface area contributed by atoms with Crippen molar-refractivity contribution in [3.8, 4) is 5.69 Å². The third-order valence-electron chi connectivity index (χ3n) is 5.16. The highest BCUT2D eigenvalue weighted by Crippen LogP contribution is 2.22. The van der Waals surface area contributed by atoms with Crippen LogP contribution in [-0.4, -0.2) is 44.5 Å². The molecule has 7 nitrogen and oxygen atoms in total. The van der Waals surface area contributed by atoms with Gasteiger partial charge < -0.3 is 10.2 Å². The number of piperidine rings is 1. The van der Waals surface area contributed by atoms with Crippen molar-refractivity contribution < 1.29 is 4.79 Å². The van der Waals surface area contributed by atoms with E-state index < -0.39 is 0 Å². The summed E-state index contributed by atoms with van der Waals surface area (Å²) in [5, 5.41) is 11.9. The van der Waals surface area contributed by atoms with Gasteiger partial charge in [0, 0.05) is 37.1 Å². The minimum atomic E-state index is -0.0353. The Bertz CT molecular complexity index is 981. The first-order valence-corrected chi connectivity index (χ1v) is 11.2. The smallest absolute Gasteiger partial charge is 0.230 e. The Morgan fingerprint density at radius 3 is 2.73 bits per heavy atom. The molecule has 2 aromatic heterocycles. The number of carbonyl (C=O) groups excluding carboxylic acids is 1. The van der Waals surface area contributed by atoms with E-state index in [2.05, 4.69) is 32.3 Å². The van der Waals surface area contributed by atoms with Crippen molar-refractivity contribution in [1.29, 1.82) is 0 Å². The van der Waals surface area contributed by atoms with Crippen molar-refractivity contribution >= 4 is 23.5 Å². The molecule has 156 valence electrons. The van der Waals surface area contributed by atoms with Crippen LogP contribution >= 0.6 is 11.8 Å². The van der Waals surface area contributed by atoms with Gasteiger partial charge in [-0.15, -0.1) is 10.2 Å². The average Bonchev–Trinajstić information content (AvgIpc) is 3.26. The summed E-state index contributed by atoms with van der Waals surface area (Å²) in [6.45, 7) is 4.59. The molecular weight excluding hydrogens is 396 g/mol. The Balaban J connectivity index is 1.34. The first-order valence-electron chi connectivity index (χ1n) is 10.3. The highest BCUT2D eigenvalue weighted by molar-refractivity contribution is 7.99. The van der Waals surface area contributed by atoms with Gasteiger partial charge in [-0.3, -0.25) is 9.36 Å². The maximum atomic E-state index is 12.5. The number of nitrogens with zero attached hydrogens (tertiary/aromatic N) is 5. The van der Waals surface area contributed by atoms with Gasteiger partial charge in [0.25, 0.3) is 0 Å². The number of pyridine rings is 1. The van der Waals surface area contributed by atoms with Crippen LogP contribution in [0, 0.1) is 6.92 Å². The minimum Gasteiger partial charge on any atom is -0.356 e. The molecule has 3 aromatic rings. The van der Waals surface area contributed by atoms with Gasteiger partial charge in [-0.2, -0.15) is 0 Å². The predicted octanol–water partition coefficient (Wildman–Crippen LogP) is 3.37. The van der Waals surface area contributed by atoms with E-state index in [4.69, 9.17) is 0 Å². The van der Waals surface area contributed by atoms with E-state index >= 15 is 0 Å². The number of aromatic nitrogens is 4. The average molecular weight is 423 g/mol. The topological polar surface area (TPSA) is 75.9 Å². The maximum absolute atomic E-state index is 12.5. The number of thioether (sulfide) groups is 1. The number of nitrogens with one attached hydrogen (secondary N) is 1. The molecule has 0 spiro atoms. The standard InChI is InChI=1S/C22H26N6OS/c1-17-7-9-19(10-8-17)28-16-25-26-22(28)30-15-20(29)24-14-18-6-5-11-23-21(18)27-12-3-2-4-13-27/h5-11,16H,2-4,12-15H2,1H3,(H,24,29). The molecule has 0 saturated carbocycles. The van der Waals surface area contributed by atoms with Gasteiger partial charge in [0.2, 0.25) is 5.91 Å². The van der Waals surface area contributed by atoms with E-state index in [1.165, 1.54) is 36.6 Å². The van der Waals surface area contributed by atoms with Crippen molar-refractivity contribution in [1.82, 2.24) is 25.1 Å². The molecule has 8 heteroatoms. The second kappa shape index (κ2) is 9.75. The van der Waals surface area contributed by atoms with Gasteiger partial charge in [-0.05, 0) is 44.4 Å². The van der Waals surface area contributed by atoms with Crippen LogP contribution in [0.3, 0.4) is 0 Å². The van der Waals surface area contributed by atoms with Gasteiger partial charge in [0.1, 0.15) is 12.1 Å². The fraction of sp³-hybridized carbons (Fsp3) is 0.364. The van der Waals surface area contributed by atoms with Crippen molar-refractivity contribution in [2.24, 2.45) is 0 Å². The molecule has 0 bridgehead atoms. The number of hydrogen-bond acceptors (Lipinski definition) is 6. The van der Waals surface area contributed by atoms with Crippen LogP contribution in [0.1, 0.15) is 30.4 Å². The zero-order valence-electron chi connectivity index (χ0n) is 17.1. The quantitative estimate of drug-likeness (QED) is 0.589. The SMILES string of the molecule is Cc1ccc(-n2cnnc2SCC(=O)NCc2cccnc2N2CCCCC2)cc1. The van der Waals surface area contributed by atoms with Crippen molar-refractivity contribution in [2.45, 2.75) is 37.9 Å². The molecule has 1 N–H and O–H groups in total. The number of rotatable bonds is 7. The zero-order valence-corrected chi connectivity index (χ0v) is 17.9. The summed E-state index contributed by atoms with van der Waals surface area (Å²) in [7, 11) is 0. The van der Waals surface area contributed by atoms with Crippen molar-refractivity contribution in [2.75, 3.05) is 23.7 Å². The fourth-order valence-corrected chi connectivity index (χ4v) is 4.30. The zero-order chi connectivity index (χ0) is 20.8. The molecule has 3 heterocycles. The first kappa shape index (κ1) is 20.4. The van der Waals surface area contributed by atoms with Gasteiger partial charge in [0.05, 0.1) is 5.75 Å². The fourth-order valence-electron chi connectivity index (χ4n) is 3.54. The Labute approximate surface area is 180 Å². The van der Waals surface area contributed by atoms with Gasteiger partial charge in [-0.1, -0.05) is 35.5 Å². The van der Waals surface area contributed by atoms with E-state index in [1.54, 1.807) is 6.33 Å². The van der Waals surface area contributed by atoms with Crippen LogP contribution in [0.2, 0.25) is 0 Å². The van der Waals surface area contributed by atoms with Crippen molar-refractivity contribution in [3.63, 3.8) is 0 Å². The normalized spacial score (nSPS) is 14.0. The number of carbonyl (C=O) groups is 1. The van der Waals surface area contributed by atoms with Crippen LogP contribution in [-0.2, 0) is 11.3 Å². The number of amides is 1. The largest absolute Gasteiger partial charge is 0.356 e. The summed E-state index contributed by atoms with van der Waals surface area (Å²) in [5.74, 6) is 1.24. The predicted molar refractivity (Wildman–Crippen MR) is 119 cm³/mol. The Morgan fingerprint density at radius 1 is 1.13 bits per heavy atom. The number of hydrogen-bond donors (Lipinski definition) is 1. The molecule has 4 rings (SSSR count). The molecule has 0 unspecified atom stereocenters. The van der Waals surface area contributed by atoms with Gasteiger partial charge in [-0.25, -0.2) is 4.98 Å². The highest BCUT2D eigenvalue weighted by Gasteiger charge is 2.16. The Morgan fingerprint density at radius 2 is 1.93 bits per heavy atom. The second-order valence-electron chi connectivity index (χ2n) is 7.42. The van der Waals surface area contributed by atoms with E-state index in [-0.39, 0.29) is 11.7 Å². The number of benzene rings is 1. The molecule has 1 amide bonds. The molecule has 1 aromatic carbocycles. The third-order valence-corrected chi connectivity index (χ3v) is 6.10. The van der Waals surface area contributed by atoms with Crippen LogP contribution in [0.4, 0.5) is 5.82 Å². The number of aryl methyl sites for hydroxylation is 1. The summed E-state index contributed by atoms with van der Waals surface area (Å²) in [6.07, 6.45) is 7.16. The van der Waals surface area contributed by atoms with Crippen molar-refractivity contribution in [3.05, 3.63) is 60.0 Å². The number of anilines is 1. The minimum absolute atomic E-state index is 0.0353. The molecule has 0 radical (unpaired) electrons. The van der Waals surface area contributed by atoms with Gasteiger partial charge >= 0.3 is 0 Å². The molecular formula is C22H26N6OS. The third kappa shape index (κ3) is 4.99. The monoisotopic (exact) mass is 422 g/mol. The molecule has 30 heavy (non-hydrogen) atoms. The summed E-state index contributed by atoms with van der Waals surface area (Å²) in [6, 6.07) is 12.1. The summed E-state index contributed by atoms with van der Waals surface area (Å²) in [4.78, 5) is 19.4. The summed E-state index contributed by atoms with van der Waals surface area (Å²) in [5.41, 5.74) is 3.23.